The maximum Gasteiger partial charge on any atom is 0.224 e. The van der Waals surface area contributed by atoms with E-state index in [9.17, 15) is 4.79 Å². The summed E-state index contributed by atoms with van der Waals surface area (Å²) in [5.74, 6) is 4.61. The number of nitrogens with zero attached hydrogens (tertiary/aromatic N) is 7. The summed E-state index contributed by atoms with van der Waals surface area (Å²) < 4.78 is 20.5. The topological polar surface area (TPSA) is 124 Å². The van der Waals surface area contributed by atoms with Crippen LogP contribution in [0, 0.1) is 11.8 Å². The molecule has 4 aliphatic heterocycles. The number of likely N-dealkylation sites (tertiary alicyclic amines) is 2. The standard InChI is InChI=1S/C42H58N8O4/c1-42(2)36-23-38(54-28-31-6-7-31)39(24-37(36)44-41(42)43)52-21-5-16-48-25-32-8-9-35(22-33(32)26-48)53-29-34-27-50(46-45-34)20-13-40(51)49-18-11-30(12-19-49)10-17-47-14-3-4-15-47/h8-9,22-24,27,30-31H,3-7,10-21,25-26,28-29H2,1-2H3,(H2,43,44). The SMILES string of the molecule is CC1(C)C(N)=Nc2cc(OCCCN3Cc4ccc(OCc5cn(CCC(=O)N6CCC(CCN7CCCC7)CC6)nn5)cc4C3)c(OCC3CC3)cc21. The molecule has 1 aromatic heterocycles. The van der Waals surface area contributed by atoms with E-state index in [-0.39, 0.29) is 11.3 Å². The van der Waals surface area contributed by atoms with Crippen LogP contribution in [0.1, 0.15) is 94.0 Å². The average Bonchev–Trinajstić information content (AvgIpc) is 3.48. The van der Waals surface area contributed by atoms with E-state index in [1.54, 1.807) is 4.68 Å². The number of nitrogens with two attached hydrogens (primary N) is 1. The number of carbonyl (C=O) groups excluding carboxylic acids is 1. The lowest BCUT2D eigenvalue weighted by molar-refractivity contribution is -0.132. The number of amides is 1. The first-order chi connectivity index (χ1) is 26.3. The Bertz CT molecular complexity index is 1810. The van der Waals surface area contributed by atoms with Crippen LogP contribution in [0.25, 0.3) is 0 Å². The molecule has 3 fully saturated rings. The number of fused-ring (bicyclic) bond motifs is 2. The van der Waals surface area contributed by atoms with Crippen molar-refractivity contribution < 1.29 is 19.0 Å². The minimum atomic E-state index is -0.312. The Hall–Kier alpha value is -4.16. The number of aryl methyl sites for hydroxylation is 1. The van der Waals surface area contributed by atoms with Gasteiger partial charge in [0.05, 0.1) is 31.6 Å². The van der Waals surface area contributed by atoms with Crippen molar-refractivity contribution in [3.63, 3.8) is 0 Å². The van der Waals surface area contributed by atoms with E-state index in [1.165, 1.54) is 62.9 Å². The highest BCUT2D eigenvalue weighted by atomic mass is 16.5. The molecule has 1 saturated carbocycles. The van der Waals surface area contributed by atoms with Gasteiger partial charge in [-0.25, -0.2) is 4.99 Å². The van der Waals surface area contributed by atoms with Gasteiger partial charge in [-0.1, -0.05) is 11.3 Å². The molecule has 1 aliphatic carbocycles. The predicted octanol–water partition coefficient (Wildman–Crippen LogP) is 5.83. The predicted molar refractivity (Wildman–Crippen MR) is 208 cm³/mol. The lowest BCUT2D eigenvalue weighted by atomic mass is 9.85. The monoisotopic (exact) mass is 738 g/mol. The number of hydrogen-bond acceptors (Lipinski definition) is 10. The van der Waals surface area contributed by atoms with Crippen LogP contribution < -0.4 is 19.9 Å². The first-order valence-electron chi connectivity index (χ1n) is 20.4. The number of aliphatic imine (C=N–C) groups is 1. The number of piperidine rings is 1. The van der Waals surface area contributed by atoms with Crippen molar-refractivity contribution in [3.8, 4) is 17.2 Å². The number of amidine groups is 1. The Labute approximate surface area is 320 Å². The number of aromatic nitrogens is 3. The molecule has 8 rings (SSSR count). The minimum Gasteiger partial charge on any atom is -0.490 e. The summed E-state index contributed by atoms with van der Waals surface area (Å²) in [5.41, 5.74) is 11.3. The Balaban J connectivity index is 0.745. The zero-order valence-corrected chi connectivity index (χ0v) is 32.3. The number of benzene rings is 2. The van der Waals surface area contributed by atoms with Crippen molar-refractivity contribution in [2.75, 3.05) is 52.5 Å². The van der Waals surface area contributed by atoms with Gasteiger partial charge < -0.3 is 29.7 Å². The summed E-state index contributed by atoms with van der Waals surface area (Å²) >= 11 is 0. The van der Waals surface area contributed by atoms with Gasteiger partial charge in [0.15, 0.2) is 11.5 Å². The van der Waals surface area contributed by atoms with Gasteiger partial charge in [0.1, 0.15) is 23.9 Å². The lowest BCUT2D eigenvalue weighted by Gasteiger charge is -2.32. The van der Waals surface area contributed by atoms with E-state index < -0.39 is 0 Å². The number of hydrogen-bond donors (Lipinski definition) is 1. The molecule has 2 aromatic carbocycles. The molecule has 0 unspecified atom stereocenters. The van der Waals surface area contributed by atoms with Gasteiger partial charge >= 0.3 is 0 Å². The van der Waals surface area contributed by atoms with E-state index in [0.29, 0.717) is 37.9 Å². The van der Waals surface area contributed by atoms with Gasteiger partial charge in [-0.3, -0.25) is 14.4 Å². The van der Waals surface area contributed by atoms with Gasteiger partial charge in [0, 0.05) is 50.6 Å². The fourth-order valence-electron chi connectivity index (χ4n) is 8.31. The molecule has 0 bridgehead atoms. The Morgan fingerprint density at radius 2 is 1.67 bits per heavy atom. The summed E-state index contributed by atoms with van der Waals surface area (Å²) in [4.78, 5) is 24.7. The van der Waals surface area contributed by atoms with Crippen LogP contribution >= 0.6 is 0 Å². The quantitative estimate of drug-likeness (QED) is 0.171. The molecule has 2 N–H and O–H groups in total. The zero-order chi connectivity index (χ0) is 37.1. The fraction of sp³-hybridized carbons (Fsp3) is 0.619. The molecule has 0 radical (unpaired) electrons. The van der Waals surface area contributed by atoms with E-state index in [0.717, 1.165) is 98.7 Å². The first-order valence-corrected chi connectivity index (χ1v) is 20.4. The highest BCUT2D eigenvalue weighted by Crippen LogP contribution is 2.45. The van der Waals surface area contributed by atoms with E-state index >= 15 is 0 Å². The minimum absolute atomic E-state index is 0.216. The normalized spacial score (nSPS) is 19.9. The average molecular weight is 739 g/mol. The molecule has 5 heterocycles. The zero-order valence-electron chi connectivity index (χ0n) is 32.3. The Morgan fingerprint density at radius 3 is 2.48 bits per heavy atom. The van der Waals surface area contributed by atoms with E-state index in [4.69, 9.17) is 19.9 Å². The highest BCUT2D eigenvalue weighted by molar-refractivity contribution is 5.99. The second kappa shape index (κ2) is 16.3. The Kier molecular flexibility index (Phi) is 11.1. The van der Waals surface area contributed by atoms with Gasteiger partial charge in [-0.15, -0.1) is 5.10 Å². The maximum atomic E-state index is 12.9. The first kappa shape index (κ1) is 36.8. The smallest absolute Gasteiger partial charge is 0.224 e. The van der Waals surface area contributed by atoms with Gasteiger partial charge in [-0.05, 0) is 132 Å². The summed E-state index contributed by atoms with van der Waals surface area (Å²) in [7, 11) is 0. The van der Waals surface area contributed by atoms with E-state index in [2.05, 4.69) is 57.2 Å². The largest absolute Gasteiger partial charge is 0.490 e. The molecule has 2 saturated heterocycles. The van der Waals surface area contributed by atoms with Crippen LogP contribution in [0.5, 0.6) is 17.2 Å². The van der Waals surface area contributed by atoms with Crippen molar-refractivity contribution in [2.45, 2.75) is 103 Å². The molecule has 12 nitrogen and oxygen atoms in total. The highest BCUT2D eigenvalue weighted by Gasteiger charge is 2.35. The van der Waals surface area contributed by atoms with Crippen LogP contribution in [0.2, 0.25) is 0 Å². The Morgan fingerprint density at radius 1 is 0.870 bits per heavy atom. The summed E-state index contributed by atoms with van der Waals surface area (Å²) in [6.45, 7) is 14.6. The maximum absolute atomic E-state index is 12.9. The molecule has 0 spiro atoms. The third-order valence-electron chi connectivity index (χ3n) is 12.2. The molecule has 290 valence electrons. The second-order valence-corrected chi connectivity index (χ2v) is 16.7. The third kappa shape index (κ3) is 8.86. The molecule has 1 amide bonds. The van der Waals surface area contributed by atoms with Crippen molar-refractivity contribution in [1.29, 1.82) is 0 Å². The van der Waals surface area contributed by atoms with Crippen molar-refractivity contribution in [3.05, 3.63) is 58.9 Å². The van der Waals surface area contributed by atoms with Crippen molar-refractivity contribution in [2.24, 2.45) is 22.6 Å². The third-order valence-corrected chi connectivity index (χ3v) is 12.2. The molecule has 0 atom stereocenters. The van der Waals surface area contributed by atoms with Gasteiger partial charge in [-0.2, -0.15) is 0 Å². The molecule has 54 heavy (non-hydrogen) atoms. The van der Waals surface area contributed by atoms with Crippen LogP contribution in [0.3, 0.4) is 0 Å². The fourth-order valence-corrected chi connectivity index (χ4v) is 8.31. The summed E-state index contributed by atoms with van der Waals surface area (Å²) in [5, 5.41) is 8.57. The van der Waals surface area contributed by atoms with Crippen LogP contribution in [0.15, 0.2) is 41.5 Å². The molecule has 3 aromatic rings. The molecule has 5 aliphatic rings. The van der Waals surface area contributed by atoms with Gasteiger partial charge in [0.2, 0.25) is 5.91 Å². The second-order valence-electron chi connectivity index (χ2n) is 16.7. The molecular formula is C42H58N8O4. The molecule has 12 heteroatoms. The van der Waals surface area contributed by atoms with Crippen LogP contribution in [-0.2, 0) is 36.5 Å². The number of carbonyl (C=O) groups is 1. The van der Waals surface area contributed by atoms with Crippen molar-refractivity contribution >= 4 is 17.4 Å². The molecular weight excluding hydrogens is 681 g/mol. The van der Waals surface area contributed by atoms with E-state index in [1.807, 2.05) is 23.2 Å². The van der Waals surface area contributed by atoms with Gasteiger partial charge in [0.25, 0.3) is 0 Å². The summed E-state index contributed by atoms with van der Waals surface area (Å²) in [6, 6.07) is 10.4. The van der Waals surface area contributed by atoms with Crippen LogP contribution in [-0.4, -0.2) is 93.9 Å². The van der Waals surface area contributed by atoms with Crippen LogP contribution in [0.4, 0.5) is 5.69 Å². The number of rotatable bonds is 17. The number of ether oxygens (including phenoxy) is 3. The van der Waals surface area contributed by atoms with Crippen molar-refractivity contribution in [1.82, 2.24) is 29.7 Å². The lowest BCUT2D eigenvalue weighted by Crippen LogP contribution is -2.39. The summed E-state index contributed by atoms with van der Waals surface area (Å²) in [6.07, 6.45) is 11.9.